The summed E-state index contributed by atoms with van der Waals surface area (Å²) in [5.74, 6) is -0.398. The van der Waals surface area contributed by atoms with Gasteiger partial charge < -0.3 is 15.1 Å². The standard InChI is InChI=1S/C21H17N5O3/c27-20(18-14-23-26(25-18)17-5-2-1-3-6-17)22-13-15-8-10-16(11-9-15)24-21(28)19-7-4-12-29-19/h1-12,14H,13H2,(H,22,27)(H,24,28). The molecule has 0 unspecified atom stereocenters. The molecule has 0 aliphatic heterocycles. The maximum Gasteiger partial charge on any atom is 0.291 e. The minimum atomic E-state index is -0.322. The van der Waals surface area contributed by atoms with Crippen molar-refractivity contribution in [2.75, 3.05) is 5.32 Å². The number of amides is 2. The van der Waals surface area contributed by atoms with E-state index in [1.54, 1.807) is 24.3 Å². The molecule has 4 rings (SSSR count). The summed E-state index contributed by atoms with van der Waals surface area (Å²) < 4.78 is 5.06. The summed E-state index contributed by atoms with van der Waals surface area (Å²) in [6.07, 6.45) is 2.87. The minimum Gasteiger partial charge on any atom is -0.459 e. The Labute approximate surface area is 166 Å². The number of hydrogen-bond acceptors (Lipinski definition) is 5. The van der Waals surface area contributed by atoms with Crippen LogP contribution in [0, 0.1) is 0 Å². The molecule has 144 valence electrons. The van der Waals surface area contributed by atoms with Crippen molar-refractivity contribution in [3.63, 3.8) is 0 Å². The van der Waals surface area contributed by atoms with Crippen LogP contribution < -0.4 is 10.6 Å². The zero-order valence-corrected chi connectivity index (χ0v) is 15.3. The van der Waals surface area contributed by atoms with Gasteiger partial charge in [-0.2, -0.15) is 9.90 Å². The third-order valence-electron chi connectivity index (χ3n) is 4.12. The molecule has 0 bridgehead atoms. The Balaban J connectivity index is 1.32. The van der Waals surface area contributed by atoms with Crippen LogP contribution >= 0.6 is 0 Å². The molecule has 0 aliphatic rings. The van der Waals surface area contributed by atoms with Crippen molar-refractivity contribution >= 4 is 17.5 Å². The summed E-state index contributed by atoms with van der Waals surface area (Å²) in [6.45, 7) is 0.323. The molecule has 0 radical (unpaired) electrons. The number of hydrogen-bond donors (Lipinski definition) is 2. The first-order valence-electron chi connectivity index (χ1n) is 8.89. The lowest BCUT2D eigenvalue weighted by atomic mass is 10.2. The first-order chi connectivity index (χ1) is 14.2. The van der Waals surface area contributed by atoms with E-state index in [2.05, 4.69) is 20.8 Å². The highest BCUT2D eigenvalue weighted by atomic mass is 16.3. The van der Waals surface area contributed by atoms with E-state index in [-0.39, 0.29) is 23.3 Å². The van der Waals surface area contributed by atoms with Crippen molar-refractivity contribution in [3.8, 4) is 5.69 Å². The maximum atomic E-state index is 12.3. The highest BCUT2D eigenvalue weighted by Gasteiger charge is 2.12. The lowest BCUT2D eigenvalue weighted by Gasteiger charge is -2.06. The van der Waals surface area contributed by atoms with Gasteiger partial charge >= 0.3 is 0 Å². The van der Waals surface area contributed by atoms with Crippen molar-refractivity contribution in [2.24, 2.45) is 0 Å². The van der Waals surface area contributed by atoms with Crippen LogP contribution in [0.25, 0.3) is 5.69 Å². The van der Waals surface area contributed by atoms with Gasteiger partial charge in [-0.05, 0) is 42.0 Å². The molecule has 0 atom stereocenters. The quantitative estimate of drug-likeness (QED) is 0.529. The van der Waals surface area contributed by atoms with E-state index in [1.165, 1.54) is 17.3 Å². The first kappa shape index (κ1) is 18.2. The Kier molecular flexibility index (Phi) is 5.15. The molecule has 4 aromatic rings. The number of carbonyl (C=O) groups is 2. The van der Waals surface area contributed by atoms with E-state index in [4.69, 9.17) is 4.42 Å². The summed E-state index contributed by atoms with van der Waals surface area (Å²) in [5, 5.41) is 13.9. The van der Waals surface area contributed by atoms with E-state index in [9.17, 15) is 9.59 Å². The van der Waals surface area contributed by atoms with Crippen LogP contribution in [-0.2, 0) is 6.54 Å². The van der Waals surface area contributed by atoms with Crippen LogP contribution in [-0.4, -0.2) is 26.8 Å². The fourth-order valence-electron chi connectivity index (χ4n) is 2.63. The van der Waals surface area contributed by atoms with Crippen molar-refractivity contribution in [3.05, 3.63) is 96.2 Å². The zero-order valence-electron chi connectivity index (χ0n) is 15.3. The van der Waals surface area contributed by atoms with Gasteiger partial charge in [0.2, 0.25) is 0 Å². The monoisotopic (exact) mass is 387 g/mol. The normalized spacial score (nSPS) is 10.5. The SMILES string of the molecule is O=C(NCc1ccc(NC(=O)c2ccco2)cc1)c1cnn(-c2ccccc2)n1. The number of anilines is 1. The molecule has 8 nitrogen and oxygen atoms in total. The van der Waals surface area contributed by atoms with Crippen molar-refractivity contribution < 1.29 is 14.0 Å². The van der Waals surface area contributed by atoms with E-state index in [0.29, 0.717) is 12.2 Å². The van der Waals surface area contributed by atoms with Crippen LogP contribution in [0.5, 0.6) is 0 Å². The molecule has 0 fully saturated rings. The first-order valence-corrected chi connectivity index (χ1v) is 8.89. The van der Waals surface area contributed by atoms with Gasteiger partial charge in [0, 0.05) is 12.2 Å². The van der Waals surface area contributed by atoms with Crippen molar-refractivity contribution in [1.29, 1.82) is 0 Å². The average Bonchev–Trinajstić information content (AvgIpc) is 3.46. The molecule has 2 aromatic carbocycles. The van der Waals surface area contributed by atoms with Gasteiger partial charge in [-0.25, -0.2) is 0 Å². The molecule has 2 aromatic heterocycles. The highest BCUT2D eigenvalue weighted by molar-refractivity contribution is 6.02. The second kappa shape index (κ2) is 8.22. The predicted octanol–water partition coefficient (Wildman–Crippen LogP) is 3.04. The van der Waals surface area contributed by atoms with Crippen LogP contribution in [0.2, 0.25) is 0 Å². The second-order valence-electron chi connectivity index (χ2n) is 6.17. The molecular formula is C21H17N5O3. The molecule has 8 heteroatoms. The Morgan fingerprint density at radius 2 is 1.72 bits per heavy atom. The fourth-order valence-corrected chi connectivity index (χ4v) is 2.63. The molecule has 0 aliphatic carbocycles. The smallest absolute Gasteiger partial charge is 0.291 e. The Morgan fingerprint density at radius 3 is 2.45 bits per heavy atom. The molecule has 29 heavy (non-hydrogen) atoms. The third-order valence-corrected chi connectivity index (χ3v) is 4.12. The Hall–Kier alpha value is -4.20. The summed E-state index contributed by atoms with van der Waals surface area (Å²) in [5.41, 5.74) is 2.52. The molecule has 2 heterocycles. The van der Waals surface area contributed by atoms with Gasteiger partial charge in [-0.3, -0.25) is 9.59 Å². The number of nitrogens with zero attached hydrogens (tertiary/aromatic N) is 3. The zero-order chi connectivity index (χ0) is 20.1. The Bertz CT molecular complexity index is 1100. The van der Waals surface area contributed by atoms with Gasteiger partial charge in [0.25, 0.3) is 11.8 Å². The lowest BCUT2D eigenvalue weighted by Crippen LogP contribution is -2.23. The number of benzene rings is 2. The van der Waals surface area contributed by atoms with Gasteiger partial charge in [0.05, 0.1) is 18.1 Å². The average molecular weight is 387 g/mol. The number of para-hydroxylation sites is 1. The van der Waals surface area contributed by atoms with Crippen LogP contribution in [0.1, 0.15) is 26.6 Å². The lowest BCUT2D eigenvalue weighted by molar-refractivity contribution is 0.0944. The molecular weight excluding hydrogens is 370 g/mol. The molecule has 2 N–H and O–H groups in total. The van der Waals surface area contributed by atoms with Crippen LogP contribution in [0.4, 0.5) is 5.69 Å². The number of furan rings is 1. The van der Waals surface area contributed by atoms with E-state index >= 15 is 0 Å². The number of rotatable bonds is 6. The van der Waals surface area contributed by atoms with Crippen LogP contribution in [0.3, 0.4) is 0 Å². The van der Waals surface area contributed by atoms with E-state index in [1.807, 2.05) is 42.5 Å². The number of carbonyl (C=O) groups excluding carboxylic acids is 2. The summed E-state index contributed by atoms with van der Waals surface area (Å²) in [4.78, 5) is 25.7. The third kappa shape index (κ3) is 4.38. The van der Waals surface area contributed by atoms with E-state index < -0.39 is 0 Å². The molecule has 2 amide bonds. The van der Waals surface area contributed by atoms with Gasteiger partial charge in [-0.15, -0.1) is 5.10 Å². The van der Waals surface area contributed by atoms with E-state index in [0.717, 1.165) is 11.3 Å². The maximum absolute atomic E-state index is 12.3. The summed E-state index contributed by atoms with van der Waals surface area (Å²) in [6, 6.07) is 19.8. The minimum absolute atomic E-state index is 0.233. The highest BCUT2D eigenvalue weighted by Crippen LogP contribution is 2.12. The summed E-state index contributed by atoms with van der Waals surface area (Å²) in [7, 11) is 0. The topological polar surface area (TPSA) is 102 Å². The fraction of sp³-hybridized carbons (Fsp3) is 0.0476. The molecule has 0 spiro atoms. The van der Waals surface area contributed by atoms with Crippen LogP contribution in [0.15, 0.2) is 83.6 Å². The summed E-state index contributed by atoms with van der Waals surface area (Å²) >= 11 is 0. The van der Waals surface area contributed by atoms with Gasteiger partial charge in [0.15, 0.2) is 11.5 Å². The number of nitrogens with one attached hydrogen (secondary N) is 2. The van der Waals surface area contributed by atoms with Crippen molar-refractivity contribution in [2.45, 2.75) is 6.54 Å². The Morgan fingerprint density at radius 1 is 0.931 bits per heavy atom. The predicted molar refractivity (Wildman–Crippen MR) is 106 cm³/mol. The van der Waals surface area contributed by atoms with Gasteiger partial charge in [-0.1, -0.05) is 30.3 Å². The van der Waals surface area contributed by atoms with Crippen molar-refractivity contribution in [1.82, 2.24) is 20.3 Å². The largest absolute Gasteiger partial charge is 0.459 e. The molecule has 0 saturated heterocycles. The number of aromatic nitrogens is 3. The molecule has 0 saturated carbocycles. The second-order valence-corrected chi connectivity index (χ2v) is 6.17. The van der Waals surface area contributed by atoms with Gasteiger partial charge in [0.1, 0.15) is 0 Å².